The molecule has 9 heteroatoms. The van der Waals surface area contributed by atoms with E-state index in [0.29, 0.717) is 28.0 Å². The van der Waals surface area contributed by atoms with Crippen LogP contribution in [0.15, 0.2) is 46.9 Å². The Kier molecular flexibility index (Phi) is 7.19. The van der Waals surface area contributed by atoms with Crippen molar-refractivity contribution in [3.05, 3.63) is 53.8 Å². The first-order valence-corrected chi connectivity index (χ1v) is 13.9. The molecule has 1 heterocycles. The number of furan rings is 1. The third-order valence-corrected chi connectivity index (χ3v) is 7.66. The summed E-state index contributed by atoms with van der Waals surface area (Å²) in [6, 6.07) is 12.5. The van der Waals surface area contributed by atoms with E-state index in [4.69, 9.17) is 9.15 Å². The van der Waals surface area contributed by atoms with Crippen LogP contribution in [0.5, 0.6) is 5.75 Å². The van der Waals surface area contributed by atoms with E-state index in [-0.39, 0.29) is 17.4 Å². The van der Waals surface area contributed by atoms with Crippen molar-refractivity contribution in [1.29, 1.82) is 0 Å². The van der Waals surface area contributed by atoms with Crippen LogP contribution in [0.3, 0.4) is 0 Å². The molecule has 33 heavy (non-hydrogen) atoms. The molecule has 1 aliphatic rings. The summed E-state index contributed by atoms with van der Waals surface area (Å²) in [4.78, 5) is 13.2. The summed E-state index contributed by atoms with van der Waals surface area (Å²) in [7, 11) is -2.06. The van der Waals surface area contributed by atoms with Crippen molar-refractivity contribution in [3.8, 4) is 5.75 Å². The van der Waals surface area contributed by atoms with Gasteiger partial charge >= 0.3 is 0 Å². The van der Waals surface area contributed by atoms with E-state index in [1.165, 1.54) is 45.3 Å². The Hall–Kier alpha value is -2.65. The van der Waals surface area contributed by atoms with Gasteiger partial charge in [0.25, 0.3) is 5.91 Å². The molecule has 0 aliphatic heterocycles. The number of carbonyl (C=O) groups excluding carboxylic acids is 1. The van der Waals surface area contributed by atoms with Crippen molar-refractivity contribution in [2.24, 2.45) is 0 Å². The number of methoxy groups -OCH3 is 1. The van der Waals surface area contributed by atoms with E-state index in [1.807, 2.05) is 36.0 Å². The van der Waals surface area contributed by atoms with Gasteiger partial charge in [0.2, 0.25) is 10.0 Å². The number of rotatable bonds is 8. The van der Waals surface area contributed by atoms with Crippen LogP contribution in [-0.4, -0.2) is 32.9 Å². The highest BCUT2D eigenvalue weighted by Crippen LogP contribution is 2.35. The Morgan fingerprint density at radius 2 is 1.91 bits per heavy atom. The maximum absolute atomic E-state index is 13.2. The zero-order valence-corrected chi connectivity index (χ0v) is 20.4. The van der Waals surface area contributed by atoms with Gasteiger partial charge in [-0.25, -0.2) is 8.42 Å². The number of ether oxygens (including phenoxy) is 1. The number of amides is 1. The number of hydrogen-bond donors (Lipinski definition) is 2. The first-order valence-electron chi connectivity index (χ1n) is 10.9. The summed E-state index contributed by atoms with van der Waals surface area (Å²) < 4.78 is 37.0. The Morgan fingerprint density at radius 1 is 1.15 bits per heavy atom. The summed E-state index contributed by atoms with van der Waals surface area (Å²) >= 11 is 1.89. The van der Waals surface area contributed by atoms with Crippen LogP contribution in [0.4, 0.5) is 11.4 Å². The fourth-order valence-electron chi connectivity index (χ4n) is 4.11. The first-order chi connectivity index (χ1) is 15.8. The molecular weight excluding hydrogens is 460 g/mol. The van der Waals surface area contributed by atoms with Crippen LogP contribution >= 0.6 is 11.8 Å². The molecule has 176 valence electrons. The summed E-state index contributed by atoms with van der Waals surface area (Å²) in [5, 5.41) is 4.39. The molecule has 1 amide bonds. The summed E-state index contributed by atoms with van der Waals surface area (Å²) in [6.07, 6.45) is 7.31. The molecule has 0 radical (unpaired) electrons. The Bertz CT molecular complexity index is 1250. The Labute approximate surface area is 198 Å². The standard InChI is InChI=1S/C24H28N2O5S2/c1-30-22-13-12-16(14-20(22)26-33(2,28)29)25-24(27)23-19(15-32-17-8-4-3-5-9-17)18-10-6-7-11-21(18)31-23/h6-7,10-14,17,26H,3-5,8-9,15H2,1-2H3,(H,25,27). The number of carbonyl (C=O) groups is 1. The van der Waals surface area contributed by atoms with Crippen LogP contribution in [0.1, 0.15) is 48.2 Å². The molecule has 2 aromatic carbocycles. The van der Waals surface area contributed by atoms with Gasteiger partial charge in [-0.1, -0.05) is 37.5 Å². The van der Waals surface area contributed by atoms with Gasteiger partial charge in [-0.3, -0.25) is 9.52 Å². The third kappa shape index (κ3) is 5.83. The molecule has 7 nitrogen and oxygen atoms in total. The smallest absolute Gasteiger partial charge is 0.291 e. The molecule has 2 N–H and O–H groups in total. The van der Waals surface area contributed by atoms with E-state index in [0.717, 1.165) is 17.2 Å². The predicted octanol–water partition coefficient (Wildman–Crippen LogP) is 5.63. The van der Waals surface area contributed by atoms with Gasteiger partial charge < -0.3 is 14.5 Å². The van der Waals surface area contributed by atoms with Gasteiger partial charge in [0.15, 0.2) is 5.76 Å². The topological polar surface area (TPSA) is 97.6 Å². The molecule has 0 unspecified atom stereocenters. The maximum Gasteiger partial charge on any atom is 0.291 e. The van der Waals surface area contributed by atoms with Crippen molar-refractivity contribution in [1.82, 2.24) is 0 Å². The minimum atomic E-state index is -3.51. The first kappa shape index (κ1) is 23.5. The van der Waals surface area contributed by atoms with Crippen molar-refractivity contribution in [2.75, 3.05) is 23.4 Å². The van der Waals surface area contributed by atoms with Gasteiger partial charge in [-0.15, -0.1) is 0 Å². The van der Waals surface area contributed by atoms with Crippen LogP contribution < -0.4 is 14.8 Å². The summed E-state index contributed by atoms with van der Waals surface area (Å²) in [5.74, 6) is 0.967. The molecule has 0 spiro atoms. The normalized spacial score (nSPS) is 14.8. The van der Waals surface area contributed by atoms with Crippen molar-refractivity contribution in [2.45, 2.75) is 43.1 Å². The lowest BCUT2D eigenvalue weighted by Crippen LogP contribution is -2.15. The van der Waals surface area contributed by atoms with E-state index < -0.39 is 10.0 Å². The van der Waals surface area contributed by atoms with Gasteiger partial charge in [-0.2, -0.15) is 11.8 Å². The minimum Gasteiger partial charge on any atom is -0.495 e. The largest absolute Gasteiger partial charge is 0.495 e. The number of anilines is 2. The fraction of sp³-hybridized carbons (Fsp3) is 0.375. The van der Waals surface area contributed by atoms with Gasteiger partial charge in [0, 0.05) is 27.6 Å². The minimum absolute atomic E-state index is 0.246. The second kappa shape index (κ2) is 10.1. The van der Waals surface area contributed by atoms with Crippen LogP contribution in [0.2, 0.25) is 0 Å². The van der Waals surface area contributed by atoms with Crippen molar-refractivity contribution < 1.29 is 22.4 Å². The van der Waals surface area contributed by atoms with Crippen LogP contribution in [-0.2, 0) is 15.8 Å². The molecular formula is C24H28N2O5S2. The van der Waals surface area contributed by atoms with Crippen molar-refractivity contribution in [3.63, 3.8) is 0 Å². The van der Waals surface area contributed by atoms with Gasteiger partial charge in [0.05, 0.1) is 19.1 Å². The van der Waals surface area contributed by atoms with E-state index in [2.05, 4.69) is 10.0 Å². The summed E-state index contributed by atoms with van der Waals surface area (Å²) in [5.41, 5.74) is 2.24. The Balaban J connectivity index is 1.59. The Morgan fingerprint density at radius 3 is 2.64 bits per heavy atom. The zero-order valence-electron chi connectivity index (χ0n) is 18.7. The lowest BCUT2D eigenvalue weighted by atomic mass is 10.0. The molecule has 0 atom stereocenters. The lowest BCUT2D eigenvalue weighted by Gasteiger charge is -2.20. The molecule has 3 aromatic rings. The highest BCUT2D eigenvalue weighted by Gasteiger charge is 2.23. The van der Waals surface area contributed by atoms with Crippen LogP contribution in [0.25, 0.3) is 11.0 Å². The molecule has 1 saturated carbocycles. The quantitative estimate of drug-likeness (QED) is 0.426. The highest BCUT2D eigenvalue weighted by atomic mass is 32.2. The van der Waals surface area contributed by atoms with E-state index in [1.54, 1.807) is 12.1 Å². The SMILES string of the molecule is COc1ccc(NC(=O)c2oc3ccccc3c2CSC2CCCCC2)cc1NS(C)(=O)=O. The molecule has 1 fully saturated rings. The monoisotopic (exact) mass is 488 g/mol. The number of nitrogens with one attached hydrogen (secondary N) is 2. The highest BCUT2D eigenvalue weighted by molar-refractivity contribution is 7.99. The number of sulfonamides is 1. The molecule has 1 aliphatic carbocycles. The third-order valence-electron chi connectivity index (χ3n) is 5.67. The second-order valence-electron chi connectivity index (χ2n) is 8.22. The zero-order chi connectivity index (χ0) is 23.4. The number of thioether (sulfide) groups is 1. The molecule has 1 aromatic heterocycles. The molecule has 4 rings (SSSR count). The maximum atomic E-state index is 13.2. The number of hydrogen-bond acceptors (Lipinski definition) is 6. The van der Waals surface area contributed by atoms with Gasteiger partial charge in [-0.05, 0) is 37.1 Å². The number of para-hydroxylation sites is 1. The number of fused-ring (bicyclic) bond motifs is 1. The van der Waals surface area contributed by atoms with Crippen LogP contribution in [0, 0.1) is 0 Å². The summed E-state index contributed by atoms with van der Waals surface area (Å²) in [6.45, 7) is 0. The lowest BCUT2D eigenvalue weighted by molar-refractivity contribution is 0.0998. The average Bonchev–Trinajstić information content (AvgIpc) is 3.16. The van der Waals surface area contributed by atoms with E-state index in [9.17, 15) is 13.2 Å². The average molecular weight is 489 g/mol. The molecule has 0 saturated heterocycles. The number of benzene rings is 2. The van der Waals surface area contributed by atoms with Crippen molar-refractivity contribution >= 4 is 50.0 Å². The predicted molar refractivity (Wildman–Crippen MR) is 134 cm³/mol. The van der Waals surface area contributed by atoms with Gasteiger partial charge in [0.1, 0.15) is 11.3 Å². The fourth-order valence-corrected chi connectivity index (χ4v) is 6.03. The molecule has 0 bridgehead atoms. The second-order valence-corrected chi connectivity index (χ2v) is 11.3. The van der Waals surface area contributed by atoms with E-state index >= 15 is 0 Å².